The van der Waals surface area contributed by atoms with Crippen LogP contribution in [-0.2, 0) is 10.0 Å². The first-order valence-electron chi connectivity index (χ1n) is 5.51. The number of hydrogen-bond acceptors (Lipinski definition) is 3. The van der Waals surface area contributed by atoms with Crippen LogP contribution in [0.25, 0.3) is 0 Å². The molecule has 0 unspecified atom stereocenters. The fraction of sp³-hybridized carbons (Fsp3) is 0.0833. The standard InChI is InChI=1S/C12H8Cl3FN2O2S/c1-6-4-10(14)17-12(15)11(6)18-21(19,20)7-2-3-9(16)8(13)5-7/h2-5,18H,1H3. The molecule has 0 fully saturated rings. The van der Waals surface area contributed by atoms with Crippen molar-refractivity contribution in [2.24, 2.45) is 0 Å². The molecular formula is C12H8Cl3FN2O2S. The van der Waals surface area contributed by atoms with E-state index in [0.29, 0.717) is 5.56 Å². The molecule has 0 spiro atoms. The summed E-state index contributed by atoms with van der Waals surface area (Å²) in [5.41, 5.74) is 0.596. The lowest BCUT2D eigenvalue weighted by Gasteiger charge is -2.12. The Morgan fingerprint density at radius 1 is 1.19 bits per heavy atom. The first kappa shape index (κ1) is 16.3. The van der Waals surface area contributed by atoms with Crippen LogP contribution < -0.4 is 4.72 Å². The molecule has 2 aromatic rings. The van der Waals surface area contributed by atoms with Gasteiger partial charge in [0.2, 0.25) is 0 Å². The molecule has 112 valence electrons. The van der Waals surface area contributed by atoms with Crippen LogP contribution in [0.2, 0.25) is 15.3 Å². The fourth-order valence-electron chi connectivity index (χ4n) is 1.56. The Kier molecular flexibility index (Phi) is 4.63. The van der Waals surface area contributed by atoms with Crippen LogP contribution in [-0.4, -0.2) is 13.4 Å². The summed E-state index contributed by atoms with van der Waals surface area (Å²) < 4.78 is 39.9. The number of sulfonamides is 1. The number of halogens is 4. The molecule has 0 amide bonds. The highest BCUT2D eigenvalue weighted by Gasteiger charge is 2.19. The number of pyridine rings is 1. The van der Waals surface area contributed by atoms with Crippen LogP contribution in [0.3, 0.4) is 0 Å². The maximum atomic E-state index is 13.1. The van der Waals surface area contributed by atoms with Crippen LogP contribution >= 0.6 is 34.8 Å². The van der Waals surface area contributed by atoms with Gasteiger partial charge >= 0.3 is 0 Å². The van der Waals surface area contributed by atoms with Crippen LogP contribution in [0.4, 0.5) is 10.1 Å². The van der Waals surface area contributed by atoms with E-state index in [0.717, 1.165) is 18.2 Å². The monoisotopic (exact) mass is 368 g/mol. The van der Waals surface area contributed by atoms with E-state index in [-0.39, 0.29) is 25.9 Å². The number of nitrogens with one attached hydrogen (secondary N) is 1. The highest BCUT2D eigenvalue weighted by atomic mass is 35.5. The number of benzene rings is 1. The largest absolute Gasteiger partial charge is 0.276 e. The van der Waals surface area contributed by atoms with Gasteiger partial charge in [0.05, 0.1) is 15.6 Å². The summed E-state index contributed by atoms with van der Waals surface area (Å²) in [6, 6.07) is 4.52. The van der Waals surface area contributed by atoms with E-state index in [9.17, 15) is 12.8 Å². The van der Waals surface area contributed by atoms with Crippen molar-refractivity contribution in [3.8, 4) is 0 Å². The van der Waals surface area contributed by atoms with Crippen molar-refractivity contribution in [1.82, 2.24) is 4.98 Å². The lowest BCUT2D eigenvalue weighted by Crippen LogP contribution is -2.14. The fourth-order valence-corrected chi connectivity index (χ4v) is 3.60. The Morgan fingerprint density at radius 3 is 2.43 bits per heavy atom. The van der Waals surface area contributed by atoms with Crippen molar-refractivity contribution < 1.29 is 12.8 Å². The molecule has 1 heterocycles. The topological polar surface area (TPSA) is 59.1 Å². The van der Waals surface area contributed by atoms with Gasteiger partial charge in [0.1, 0.15) is 11.0 Å². The summed E-state index contributed by atoms with van der Waals surface area (Å²) in [4.78, 5) is 3.57. The van der Waals surface area contributed by atoms with Gasteiger partial charge in [-0.2, -0.15) is 0 Å². The second-order valence-electron chi connectivity index (χ2n) is 4.11. The average Bonchev–Trinajstić information content (AvgIpc) is 2.37. The summed E-state index contributed by atoms with van der Waals surface area (Å²) in [5, 5.41) is -0.239. The van der Waals surface area contributed by atoms with Gasteiger partial charge in [0.15, 0.2) is 5.15 Å². The second-order valence-corrected chi connectivity index (χ2v) is 6.94. The van der Waals surface area contributed by atoms with Gasteiger partial charge in [-0.15, -0.1) is 0 Å². The van der Waals surface area contributed by atoms with Gasteiger partial charge in [0.25, 0.3) is 10.0 Å². The molecule has 0 atom stereocenters. The number of anilines is 1. The second kappa shape index (κ2) is 5.96. The summed E-state index contributed by atoms with van der Waals surface area (Å²) >= 11 is 17.2. The SMILES string of the molecule is Cc1cc(Cl)nc(Cl)c1NS(=O)(=O)c1ccc(F)c(Cl)c1. The predicted octanol–water partition coefficient (Wildman–Crippen LogP) is 4.29. The summed E-state index contributed by atoms with van der Waals surface area (Å²) in [7, 11) is -3.98. The van der Waals surface area contributed by atoms with Crippen molar-refractivity contribution in [2.75, 3.05) is 4.72 Å². The Hall–Kier alpha value is -1.08. The average molecular weight is 370 g/mol. The van der Waals surface area contributed by atoms with E-state index in [1.807, 2.05) is 0 Å². The molecule has 0 aliphatic carbocycles. The molecule has 0 aliphatic rings. The zero-order valence-corrected chi connectivity index (χ0v) is 13.6. The summed E-state index contributed by atoms with van der Waals surface area (Å²) in [6.07, 6.45) is 0. The van der Waals surface area contributed by atoms with Crippen LogP contribution in [0.5, 0.6) is 0 Å². The molecule has 9 heteroatoms. The number of nitrogens with zero attached hydrogens (tertiary/aromatic N) is 1. The van der Waals surface area contributed by atoms with Gasteiger partial charge in [-0.25, -0.2) is 17.8 Å². The third kappa shape index (κ3) is 3.58. The minimum absolute atomic E-state index is 0.0863. The molecule has 4 nitrogen and oxygen atoms in total. The van der Waals surface area contributed by atoms with Crippen LogP contribution in [0.15, 0.2) is 29.2 Å². The van der Waals surface area contributed by atoms with Crippen LogP contribution in [0, 0.1) is 12.7 Å². The van der Waals surface area contributed by atoms with E-state index >= 15 is 0 Å². The highest BCUT2D eigenvalue weighted by Crippen LogP contribution is 2.29. The number of hydrogen-bond donors (Lipinski definition) is 1. The summed E-state index contributed by atoms with van der Waals surface area (Å²) in [5.74, 6) is -0.710. The molecule has 0 aliphatic heterocycles. The number of aryl methyl sites for hydroxylation is 1. The lowest BCUT2D eigenvalue weighted by atomic mass is 10.3. The summed E-state index contributed by atoms with van der Waals surface area (Å²) in [6.45, 7) is 1.62. The van der Waals surface area contributed by atoms with E-state index in [1.54, 1.807) is 6.92 Å². The molecule has 1 N–H and O–H groups in total. The smallest absolute Gasteiger partial charge is 0.262 e. The van der Waals surface area contributed by atoms with Gasteiger partial charge in [-0.05, 0) is 36.8 Å². The normalized spacial score (nSPS) is 11.5. The van der Waals surface area contributed by atoms with Gasteiger partial charge in [-0.1, -0.05) is 34.8 Å². The lowest BCUT2D eigenvalue weighted by molar-refractivity contribution is 0.599. The van der Waals surface area contributed by atoms with Crippen molar-refractivity contribution in [2.45, 2.75) is 11.8 Å². The molecule has 0 bridgehead atoms. The minimum Gasteiger partial charge on any atom is -0.276 e. The molecule has 0 radical (unpaired) electrons. The first-order valence-corrected chi connectivity index (χ1v) is 8.13. The van der Waals surface area contributed by atoms with Crippen LogP contribution in [0.1, 0.15) is 5.56 Å². The van der Waals surface area contributed by atoms with Gasteiger partial charge in [0, 0.05) is 0 Å². The Labute approximate surface area is 135 Å². The zero-order valence-electron chi connectivity index (χ0n) is 10.5. The third-order valence-electron chi connectivity index (χ3n) is 2.58. The molecule has 2 rings (SSSR count). The Morgan fingerprint density at radius 2 is 1.86 bits per heavy atom. The van der Waals surface area contributed by atoms with Gasteiger partial charge in [-0.3, -0.25) is 4.72 Å². The highest BCUT2D eigenvalue weighted by molar-refractivity contribution is 7.92. The maximum absolute atomic E-state index is 13.1. The van der Waals surface area contributed by atoms with E-state index in [2.05, 4.69) is 9.71 Å². The third-order valence-corrected chi connectivity index (χ3v) is 4.68. The van der Waals surface area contributed by atoms with Crippen molar-refractivity contribution in [3.63, 3.8) is 0 Å². The van der Waals surface area contributed by atoms with Crippen molar-refractivity contribution in [3.05, 3.63) is 51.0 Å². The van der Waals surface area contributed by atoms with Crippen molar-refractivity contribution >= 4 is 50.5 Å². The first-order chi connectivity index (χ1) is 9.70. The minimum atomic E-state index is -3.98. The van der Waals surface area contributed by atoms with E-state index < -0.39 is 15.8 Å². The quantitative estimate of drug-likeness (QED) is 0.821. The molecular weight excluding hydrogens is 362 g/mol. The number of rotatable bonds is 3. The molecule has 1 aromatic heterocycles. The molecule has 1 aromatic carbocycles. The Bertz CT molecular complexity index is 789. The van der Waals surface area contributed by atoms with Crippen molar-refractivity contribution in [1.29, 1.82) is 0 Å². The maximum Gasteiger partial charge on any atom is 0.262 e. The molecule has 0 saturated heterocycles. The predicted molar refractivity (Wildman–Crippen MR) is 81.2 cm³/mol. The molecule has 21 heavy (non-hydrogen) atoms. The Balaban J connectivity index is 2.44. The zero-order chi connectivity index (χ0) is 15.8. The molecule has 0 saturated carbocycles. The van der Waals surface area contributed by atoms with E-state index in [4.69, 9.17) is 34.8 Å². The van der Waals surface area contributed by atoms with Gasteiger partial charge < -0.3 is 0 Å². The number of aromatic nitrogens is 1. The van der Waals surface area contributed by atoms with E-state index in [1.165, 1.54) is 6.07 Å².